The third kappa shape index (κ3) is 6.00. The molecule has 8 nitrogen and oxygen atoms in total. The van der Waals surface area contributed by atoms with E-state index in [0.717, 1.165) is 11.3 Å². The van der Waals surface area contributed by atoms with Gasteiger partial charge in [0.25, 0.3) is 5.91 Å². The van der Waals surface area contributed by atoms with Crippen molar-refractivity contribution in [1.29, 1.82) is 0 Å². The van der Waals surface area contributed by atoms with Gasteiger partial charge in [-0.15, -0.1) is 0 Å². The lowest BCUT2D eigenvalue weighted by molar-refractivity contribution is -0.133. The van der Waals surface area contributed by atoms with Gasteiger partial charge >= 0.3 is 0 Å². The van der Waals surface area contributed by atoms with Gasteiger partial charge in [0, 0.05) is 13.1 Å². The fourth-order valence-electron chi connectivity index (χ4n) is 4.17. The van der Waals surface area contributed by atoms with Gasteiger partial charge in [0.05, 0.1) is 19.2 Å². The van der Waals surface area contributed by atoms with Crippen LogP contribution in [0.5, 0.6) is 17.2 Å². The minimum atomic E-state index is -0.244. The summed E-state index contributed by atoms with van der Waals surface area (Å²) < 4.78 is 22.1. The van der Waals surface area contributed by atoms with Crippen LogP contribution in [0.25, 0.3) is 0 Å². The van der Waals surface area contributed by atoms with Gasteiger partial charge in [0.2, 0.25) is 12.7 Å². The van der Waals surface area contributed by atoms with Crippen LogP contribution in [0.2, 0.25) is 0 Å². The molecule has 0 saturated heterocycles. The number of carbonyl (C=O) groups excluding carboxylic acids is 2. The van der Waals surface area contributed by atoms with Crippen LogP contribution in [0.4, 0.5) is 0 Å². The molecule has 3 aromatic rings. The molecular formula is C28H32N2O6. The second-order valence-corrected chi connectivity index (χ2v) is 9.23. The molecule has 0 saturated carbocycles. The monoisotopic (exact) mass is 492 g/mol. The number of aryl methyl sites for hydroxylation is 1. The smallest absolute Gasteiger partial charge is 0.258 e. The summed E-state index contributed by atoms with van der Waals surface area (Å²) in [6.07, 6.45) is 0. The molecule has 0 N–H and O–H groups in total. The first-order valence-electron chi connectivity index (χ1n) is 12.0. The Morgan fingerprint density at radius 1 is 0.972 bits per heavy atom. The Bertz CT molecular complexity index is 1220. The van der Waals surface area contributed by atoms with Crippen molar-refractivity contribution in [1.82, 2.24) is 9.80 Å². The van der Waals surface area contributed by atoms with Crippen molar-refractivity contribution >= 4 is 11.8 Å². The molecular weight excluding hydrogens is 460 g/mol. The summed E-state index contributed by atoms with van der Waals surface area (Å²) in [6.45, 7) is 7.05. The molecule has 0 radical (unpaired) electrons. The van der Waals surface area contributed by atoms with Crippen LogP contribution >= 0.6 is 0 Å². The number of amides is 2. The van der Waals surface area contributed by atoms with Crippen LogP contribution in [0.15, 0.2) is 59.0 Å². The summed E-state index contributed by atoms with van der Waals surface area (Å²) in [4.78, 5) is 30.5. The predicted octanol–water partition coefficient (Wildman–Crippen LogP) is 4.65. The van der Waals surface area contributed by atoms with E-state index < -0.39 is 0 Å². The van der Waals surface area contributed by atoms with E-state index in [0.29, 0.717) is 41.7 Å². The lowest BCUT2D eigenvalue weighted by Crippen LogP contribution is -2.44. The number of carbonyl (C=O) groups is 2. The quantitative estimate of drug-likeness (QED) is 0.410. The third-order valence-corrected chi connectivity index (χ3v) is 5.84. The second kappa shape index (κ2) is 11.2. The predicted molar refractivity (Wildman–Crippen MR) is 134 cm³/mol. The second-order valence-electron chi connectivity index (χ2n) is 9.23. The van der Waals surface area contributed by atoms with Crippen molar-refractivity contribution < 1.29 is 28.2 Å². The summed E-state index contributed by atoms with van der Waals surface area (Å²) in [5.41, 5.74) is 1.32. The van der Waals surface area contributed by atoms with Gasteiger partial charge in [-0.05, 0) is 54.8 Å². The highest BCUT2D eigenvalue weighted by Crippen LogP contribution is 2.33. The number of nitrogens with zero attached hydrogens (tertiary/aromatic N) is 2. The molecule has 1 aromatic heterocycles. The van der Waals surface area contributed by atoms with Crippen LogP contribution in [-0.2, 0) is 17.9 Å². The van der Waals surface area contributed by atoms with Gasteiger partial charge in [0.1, 0.15) is 23.8 Å². The van der Waals surface area contributed by atoms with Crippen molar-refractivity contribution in [3.8, 4) is 17.2 Å². The Balaban J connectivity index is 1.58. The minimum absolute atomic E-state index is 0.0701. The Kier molecular flexibility index (Phi) is 7.83. The van der Waals surface area contributed by atoms with E-state index in [4.69, 9.17) is 18.6 Å². The molecule has 1 aliphatic rings. The Morgan fingerprint density at radius 2 is 1.75 bits per heavy atom. The van der Waals surface area contributed by atoms with Crippen LogP contribution in [0, 0.1) is 12.8 Å². The molecule has 0 unspecified atom stereocenters. The first-order chi connectivity index (χ1) is 17.3. The van der Waals surface area contributed by atoms with Gasteiger partial charge in [-0.2, -0.15) is 0 Å². The van der Waals surface area contributed by atoms with Gasteiger partial charge in [-0.25, -0.2) is 0 Å². The number of hydrogen-bond donors (Lipinski definition) is 0. The Morgan fingerprint density at radius 3 is 2.47 bits per heavy atom. The van der Waals surface area contributed by atoms with E-state index in [1.165, 1.54) is 7.11 Å². The summed E-state index contributed by atoms with van der Waals surface area (Å²) in [5, 5.41) is 0. The van der Waals surface area contributed by atoms with Crippen LogP contribution in [0.3, 0.4) is 0 Å². The lowest BCUT2D eigenvalue weighted by Gasteiger charge is -2.29. The van der Waals surface area contributed by atoms with Gasteiger partial charge in [-0.1, -0.05) is 32.0 Å². The largest absolute Gasteiger partial charge is 0.496 e. The molecule has 0 aliphatic carbocycles. The van der Waals surface area contributed by atoms with E-state index >= 15 is 0 Å². The van der Waals surface area contributed by atoms with Crippen LogP contribution in [-0.4, -0.2) is 48.6 Å². The molecule has 0 atom stereocenters. The highest BCUT2D eigenvalue weighted by molar-refractivity contribution is 5.98. The van der Waals surface area contributed by atoms with E-state index in [9.17, 15) is 9.59 Å². The Labute approximate surface area is 211 Å². The summed E-state index contributed by atoms with van der Waals surface area (Å²) in [5.74, 6) is 3.00. The first kappa shape index (κ1) is 25.2. The number of ether oxygens (including phenoxy) is 3. The van der Waals surface area contributed by atoms with Crippen LogP contribution in [0.1, 0.15) is 41.3 Å². The summed E-state index contributed by atoms with van der Waals surface area (Å²) >= 11 is 0. The maximum absolute atomic E-state index is 13.7. The lowest BCUT2D eigenvalue weighted by atomic mass is 10.1. The standard InChI is InChI=1S/C28H32N2O6/c1-19(2)14-30(28(32)23-7-5-6-8-24(23)33-4)17-27(31)29(16-22-11-9-20(3)36-22)15-21-10-12-25-26(13-21)35-18-34-25/h5-13,19H,14-18H2,1-4H3. The molecule has 36 heavy (non-hydrogen) atoms. The maximum atomic E-state index is 13.7. The van der Waals surface area contributed by atoms with Gasteiger partial charge in [0.15, 0.2) is 11.5 Å². The average molecular weight is 493 g/mol. The van der Waals surface area contributed by atoms with E-state index in [-0.39, 0.29) is 37.6 Å². The number of fused-ring (bicyclic) bond motifs is 1. The van der Waals surface area contributed by atoms with Crippen molar-refractivity contribution in [3.63, 3.8) is 0 Å². The number of rotatable bonds is 10. The molecule has 1 aliphatic heterocycles. The maximum Gasteiger partial charge on any atom is 0.258 e. The fourth-order valence-corrected chi connectivity index (χ4v) is 4.17. The van der Waals surface area contributed by atoms with Crippen LogP contribution < -0.4 is 14.2 Å². The molecule has 8 heteroatoms. The molecule has 0 fully saturated rings. The number of furan rings is 1. The van der Waals surface area contributed by atoms with Crippen molar-refractivity contribution in [2.24, 2.45) is 5.92 Å². The topological polar surface area (TPSA) is 81.5 Å². The zero-order chi connectivity index (χ0) is 25.7. The highest BCUT2D eigenvalue weighted by Gasteiger charge is 2.26. The van der Waals surface area contributed by atoms with Crippen molar-refractivity contribution in [2.45, 2.75) is 33.9 Å². The SMILES string of the molecule is COc1ccccc1C(=O)N(CC(=O)N(Cc1ccc2c(c1)OCO2)Cc1ccc(C)o1)CC(C)C. The highest BCUT2D eigenvalue weighted by atomic mass is 16.7. The number of benzene rings is 2. The van der Waals surface area contributed by atoms with E-state index in [2.05, 4.69) is 0 Å². The Hall–Kier alpha value is -3.94. The van der Waals surface area contributed by atoms with Crippen molar-refractivity contribution in [3.05, 3.63) is 77.2 Å². The molecule has 0 bridgehead atoms. The third-order valence-electron chi connectivity index (χ3n) is 5.84. The molecule has 2 heterocycles. The van der Waals surface area contributed by atoms with E-state index in [1.54, 1.807) is 28.0 Å². The minimum Gasteiger partial charge on any atom is -0.496 e. The summed E-state index contributed by atoms with van der Waals surface area (Å²) in [6, 6.07) is 16.4. The van der Waals surface area contributed by atoms with Gasteiger partial charge < -0.3 is 28.4 Å². The molecule has 190 valence electrons. The number of para-hydroxylation sites is 1. The van der Waals surface area contributed by atoms with Crippen molar-refractivity contribution in [2.75, 3.05) is 27.0 Å². The molecule has 4 rings (SSSR count). The average Bonchev–Trinajstić information content (AvgIpc) is 3.50. The molecule has 0 spiro atoms. The number of hydrogen-bond acceptors (Lipinski definition) is 6. The zero-order valence-corrected chi connectivity index (χ0v) is 21.2. The molecule has 2 amide bonds. The molecule has 2 aromatic carbocycles. The first-order valence-corrected chi connectivity index (χ1v) is 12.0. The zero-order valence-electron chi connectivity index (χ0n) is 21.2. The van der Waals surface area contributed by atoms with E-state index in [1.807, 2.05) is 57.2 Å². The number of methoxy groups -OCH3 is 1. The van der Waals surface area contributed by atoms with Gasteiger partial charge in [-0.3, -0.25) is 9.59 Å². The summed E-state index contributed by atoms with van der Waals surface area (Å²) in [7, 11) is 1.53. The fraction of sp³-hybridized carbons (Fsp3) is 0.357. The normalized spacial score (nSPS) is 12.0.